The number of nitrogens with zero attached hydrogens (tertiary/aromatic N) is 1. The maximum absolute atomic E-state index is 5.79. The lowest BCUT2D eigenvalue weighted by Gasteiger charge is -2.21. The van der Waals surface area contributed by atoms with Crippen molar-refractivity contribution in [1.29, 1.82) is 0 Å². The zero-order valence-electron chi connectivity index (χ0n) is 12.7. The van der Waals surface area contributed by atoms with E-state index in [0.717, 1.165) is 31.0 Å². The van der Waals surface area contributed by atoms with Crippen molar-refractivity contribution in [2.45, 2.75) is 32.9 Å². The SMILES string of the molecule is COc1cc(C)c(CN(C)CCC(C)N)c(OC)c1. The molecule has 0 bridgehead atoms. The normalized spacial score (nSPS) is 12.6. The predicted molar refractivity (Wildman–Crippen MR) is 78.9 cm³/mol. The summed E-state index contributed by atoms with van der Waals surface area (Å²) >= 11 is 0. The second-order valence-electron chi connectivity index (χ2n) is 5.13. The van der Waals surface area contributed by atoms with Gasteiger partial charge >= 0.3 is 0 Å². The first-order valence-corrected chi connectivity index (χ1v) is 6.63. The second-order valence-corrected chi connectivity index (χ2v) is 5.13. The average Bonchev–Trinajstić information content (AvgIpc) is 2.38. The second kappa shape index (κ2) is 7.36. The van der Waals surface area contributed by atoms with Crippen molar-refractivity contribution in [3.05, 3.63) is 23.3 Å². The van der Waals surface area contributed by atoms with E-state index >= 15 is 0 Å². The molecule has 4 heteroatoms. The molecule has 1 unspecified atom stereocenters. The minimum absolute atomic E-state index is 0.237. The third-order valence-electron chi connectivity index (χ3n) is 3.26. The standard InChI is InChI=1S/C15H26N2O2/c1-11-8-13(18-4)9-15(19-5)14(11)10-17(3)7-6-12(2)16/h8-9,12H,6-7,10,16H2,1-5H3. The van der Waals surface area contributed by atoms with Gasteiger partial charge in [0, 0.05) is 24.2 Å². The molecule has 0 fully saturated rings. The Morgan fingerprint density at radius 3 is 2.47 bits per heavy atom. The molecule has 0 amide bonds. The van der Waals surface area contributed by atoms with E-state index in [4.69, 9.17) is 15.2 Å². The Kier molecular flexibility index (Phi) is 6.12. The molecular weight excluding hydrogens is 240 g/mol. The molecule has 19 heavy (non-hydrogen) atoms. The molecule has 1 atom stereocenters. The predicted octanol–water partition coefficient (Wildman–Crippen LogP) is 2.18. The van der Waals surface area contributed by atoms with Gasteiger partial charge in [-0.25, -0.2) is 0 Å². The number of rotatable bonds is 7. The van der Waals surface area contributed by atoms with E-state index in [1.165, 1.54) is 11.1 Å². The highest BCUT2D eigenvalue weighted by Crippen LogP contribution is 2.29. The van der Waals surface area contributed by atoms with Crippen LogP contribution in [0.5, 0.6) is 11.5 Å². The highest BCUT2D eigenvalue weighted by atomic mass is 16.5. The van der Waals surface area contributed by atoms with Gasteiger partial charge in [-0.05, 0) is 45.5 Å². The maximum atomic E-state index is 5.79. The van der Waals surface area contributed by atoms with Crippen molar-refractivity contribution in [1.82, 2.24) is 4.90 Å². The van der Waals surface area contributed by atoms with Gasteiger partial charge in [0.15, 0.2) is 0 Å². The zero-order valence-corrected chi connectivity index (χ0v) is 12.7. The van der Waals surface area contributed by atoms with Crippen LogP contribution in [0.15, 0.2) is 12.1 Å². The Morgan fingerprint density at radius 2 is 1.95 bits per heavy atom. The molecule has 0 aliphatic heterocycles. The minimum Gasteiger partial charge on any atom is -0.497 e. The summed E-state index contributed by atoms with van der Waals surface area (Å²) in [5.74, 6) is 1.71. The number of ether oxygens (including phenoxy) is 2. The van der Waals surface area contributed by atoms with Crippen LogP contribution in [0.2, 0.25) is 0 Å². The maximum Gasteiger partial charge on any atom is 0.127 e. The monoisotopic (exact) mass is 266 g/mol. The van der Waals surface area contributed by atoms with Gasteiger partial charge in [0.25, 0.3) is 0 Å². The van der Waals surface area contributed by atoms with Crippen LogP contribution in [-0.2, 0) is 6.54 Å². The van der Waals surface area contributed by atoms with Crippen LogP contribution < -0.4 is 15.2 Å². The van der Waals surface area contributed by atoms with Gasteiger partial charge in [-0.15, -0.1) is 0 Å². The number of aryl methyl sites for hydroxylation is 1. The number of benzene rings is 1. The average molecular weight is 266 g/mol. The smallest absolute Gasteiger partial charge is 0.127 e. The van der Waals surface area contributed by atoms with Gasteiger partial charge in [0.2, 0.25) is 0 Å². The van der Waals surface area contributed by atoms with E-state index in [0.29, 0.717) is 0 Å². The molecule has 0 spiro atoms. The van der Waals surface area contributed by atoms with Crippen molar-refractivity contribution >= 4 is 0 Å². The summed E-state index contributed by atoms with van der Waals surface area (Å²) in [5.41, 5.74) is 8.18. The van der Waals surface area contributed by atoms with E-state index < -0.39 is 0 Å². The summed E-state index contributed by atoms with van der Waals surface area (Å²) in [5, 5.41) is 0. The van der Waals surface area contributed by atoms with Crippen LogP contribution in [0.25, 0.3) is 0 Å². The van der Waals surface area contributed by atoms with Gasteiger partial charge in [0.05, 0.1) is 14.2 Å². The van der Waals surface area contributed by atoms with Crippen LogP contribution in [0.3, 0.4) is 0 Å². The lowest BCUT2D eigenvalue weighted by atomic mass is 10.1. The molecule has 0 aliphatic carbocycles. The van der Waals surface area contributed by atoms with E-state index in [9.17, 15) is 0 Å². The van der Waals surface area contributed by atoms with Crippen molar-refractivity contribution in [2.24, 2.45) is 5.73 Å². The molecular formula is C15H26N2O2. The van der Waals surface area contributed by atoms with Crippen LogP contribution in [0.4, 0.5) is 0 Å². The number of methoxy groups -OCH3 is 2. The van der Waals surface area contributed by atoms with E-state index in [-0.39, 0.29) is 6.04 Å². The summed E-state index contributed by atoms with van der Waals surface area (Å²) < 4.78 is 10.7. The summed E-state index contributed by atoms with van der Waals surface area (Å²) in [6.45, 7) is 5.95. The van der Waals surface area contributed by atoms with Gasteiger partial charge in [-0.1, -0.05) is 0 Å². The largest absolute Gasteiger partial charge is 0.497 e. The molecule has 108 valence electrons. The fourth-order valence-electron chi connectivity index (χ4n) is 2.03. The van der Waals surface area contributed by atoms with Crippen molar-refractivity contribution in [2.75, 3.05) is 27.8 Å². The molecule has 0 aromatic heterocycles. The van der Waals surface area contributed by atoms with E-state index in [1.54, 1.807) is 14.2 Å². The molecule has 0 saturated heterocycles. The Bertz CT molecular complexity index is 405. The van der Waals surface area contributed by atoms with Crippen LogP contribution in [-0.4, -0.2) is 38.8 Å². The van der Waals surface area contributed by atoms with Crippen LogP contribution in [0, 0.1) is 6.92 Å². The quantitative estimate of drug-likeness (QED) is 0.822. The van der Waals surface area contributed by atoms with Gasteiger partial charge < -0.3 is 20.1 Å². The highest BCUT2D eigenvalue weighted by molar-refractivity contribution is 5.46. The molecule has 0 heterocycles. The van der Waals surface area contributed by atoms with Gasteiger partial charge in [0.1, 0.15) is 11.5 Å². The van der Waals surface area contributed by atoms with E-state index in [1.807, 2.05) is 19.1 Å². The molecule has 0 saturated carbocycles. The number of hydrogen-bond acceptors (Lipinski definition) is 4. The molecule has 1 aromatic rings. The third kappa shape index (κ3) is 4.73. The Morgan fingerprint density at radius 1 is 1.26 bits per heavy atom. The van der Waals surface area contributed by atoms with Crippen molar-refractivity contribution < 1.29 is 9.47 Å². The Balaban J connectivity index is 2.82. The van der Waals surface area contributed by atoms with Crippen molar-refractivity contribution in [3.63, 3.8) is 0 Å². The van der Waals surface area contributed by atoms with Gasteiger partial charge in [-0.3, -0.25) is 0 Å². The summed E-state index contributed by atoms with van der Waals surface area (Å²) in [7, 11) is 5.47. The van der Waals surface area contributed by atoms with Crippen LogP contribution >= 0.6 is 0 Å². The fraction of sp³-hybridized carbons (Fsp3) is 0.600. The first-order chi connectivity index (χ1) is 8.97. The topological polar surface area (TPSA) is 47.7 Å². The Hall–Kier alpha value is -1.26. The summed E-state index contributed by atoms with van der Waals surface area (Å²) in [6, 6.07) is 4.21. The number of nitrogens with two attached hydrogens (primary N) is 1. The lowest BCUT2D eigenvalue weighted by molar-refractivity contribution is 0.304. The Labute approximate surface area is 116 Å². The first kappa shape index (κ1) is 15.8. The molecule has 0 aliphatic rings. The first-order valence-electron chi connectivity index (χ1n) is 6.63. The van der Waals surface area contributed by atoms with E-state index in [2.05, 4.69) is 18.9 Å². The fourth-order valence-corrected chi connectivity index (χ4v) is 2.03. The zero-order chi connectivity index (χ0) is 14.4. The number of hydrogen-bond donors (Lipinski definition) is 1. The van der Waals surface area contributed by atoms with Crippen molar-refractivity contribution in [3.8, 4) is 11.5 Å². The molecule has 4 nitrogen and oxygen atoms in total. The molecule has 1 rings (SSSR count). The molecule has 1 aromatic carbocycles. The third-order valence-corrected chi connectivity index (χ3v) is 3.26. The van der Waals surface area contributed by atoms with Crippen LogP contribution in [0.1, 0.15) is 24.5 Å². The summed E-state index contributed by atoms with van der Waals surface area (Å²) in [6.07, 6.45) is 0.994. The highest BCUT2D eigenvalue weighted by Gasteiger charge is 2.12. The lowest BCUT2D eigenvalue weighted by Crippen LogP contribution is -2.26. The molecule has 0 radical (unpaired) electrons. The summed E-state index contributed by atoms with van der Waals surface area (Å²) in [4.78, 5) is 2.26. The molecule has 2 N–H and O–H groups in total. The van der Waals surface area contributed by atoms with Gasteiger partial charge in [-0.2, -0.15) is 0 Å². The minimum atomic E-state index is 0.237.